The van der Waals surface area contributed by atoms with Crippen LogP contribution in [0, 0.1) is 5.82 Å². The van der Waals surface area contributed by atoms with Gasteiger partial charge in [-0.3, -0.25) is 4.72 Å². The van der Waals surface area contributed by atoms with Crippen LogP contribution in [0.1, 0.15) is 0 Å². The largest absolute Gasteiger partial charge is 0.495 e. The van der Waals surface area contributed by atoms with E-state index < -0.39 is 15.8 Å². The molecule has 2 rings (SSSR count). The zero-order chi connectivity index (χ0) is 13.9. The second kappa shape index (κ2) is 5.27. The van der Waals surface area contributed by atoms with Crippen molar-refractivity contribution >= 4 is 15.7 Å². The predicted octanol–water partition coefficient (Wildman–Crippen LogP) is 2.64. The number of ether oxygens (including phenoxy) is 1. The molecule has 1 N–H and O–H groups in total. The van der Waals surface area contributed by atoms with Gasteiger partial charge in [-0.1, -0.05) is 24.3 Å². The van der Waals surface area contributed by atoms with Crippen LogP contribution in [0.4, 0.5) is 10.1 Å². The highest BCUT2D eigenvalue weighted by atomic mass is 32.2. The van der Waals surface area contributed by atoms with E-state index in [0.29, 0.717) is 0 Å². The number of hydrogen-bond donors (Lipinski definition) is 1. The topological polar surface area (TPSA) is 55.4 Å². The summed E-state index contributed by atoms with van der Waals surface area (Å²) in [7, 11) is -2.52. The average Bonchev–Trinajstić information content (AvgIpc) is 2.41. The Kier molecular flexibility index (Phi) is 3.71. The van der Waals surface area contributed by atoms with E-state index in [2.05, 4.69) is 4.72 Å². The molecule has 0 heterocycles. The molecular formula is C13H12FNO3S. The molecule has 0 aromatic heterocycles. The van der Waals surface area contributed by atoms with E-state index in [9.17, 15) is 12.8 Å². The van der Waals surface area contributed by atoms with Gasteiger partial charge in [0, 0.05) is 0 Å². The molecule has 0 bridgehead atoms. The van der Waals surface area contributed by atoms with Gasteiger partial charge in [0.2, 0.25) is 0 Å². The molecule has 0 atom stereocenters. The van der Waals surface area contributed by atoms with Gasteiger partial charge >= 0.3 is 0 Å². The Morgan fingerprint density at radius 3 is 2.37 bits per heavy atom. The first-order valence-electron chi connectivity index (χ1n) is 5.45. The van der Waals surface area contributed by atoms with Crippen LogP contribution in [0.25, 0.3) is 0 Å². The molecule has 0 unspecified atom stereocenters. The van der Waals surface area contributed by atoms with Crippen LogP contribution in [0.2, 0.25) is 0 Å². The maximum Gasteiger partial charge on any atom is 0.265 e. The third kappa shape index (κ3) is 2.85. The average molecular weight is 281 g/mol. The minimum Gasteiger partial charge on any atom is -0.495 e. The summed E-state index contributed by atoms with van der Waals surface area (Å²) in [5.74, 6) is -0.438. The highest BCUT2D eigenvalue weighted by Gasteiger charge is 2.20. The van der Waals surface area contributed by atoms with Crippen molar-refractivity contribution in [1.29, 1.82) is 0 Å². The monoisotopic (exact) mass is 281 g/mol. The molecule has 2 aromatic rings. The van der Waals surface area contributed by atoms with Crippen molar-refractivity contribution < 1.29 is 17.5 Å². The third-order valence-corrected chi connectivity index (χ3v) is 3.88. The Morgan fingerprint density at radius 2 is 1.68 bits per heavy atom. The molecule has 0 spiro atoms. The molecule has 0 amide bonds. The number of hydrogen-bond acceptors (Lipinski definition) is 3. The maximum absolute atomic E-state index is 13.5. The Bertz CT molecular complexity index is 686. The van der Waals surface area contributed by atoms with Gasteiger partial charge in [-0.2, -0.15) is 0 Å². The highest BCUT2D eigenvalue weighted by Crippen LogP contribution is 2.25. The lowest BCUT2D eigenvalue weighted by Crippen LogP contribution is -2.14. The van der Waals surface area contributed by atoms with Crippen molar-refractivity contribution in [2.75, 3.05) is 11.8 Å². The molecule has 2 aromatic carbocycles. The summed E-state index contributed by atoms with van der Waals surface area (Å²) in [6.07, 6.45) is 0. The van der Waals surface area contributed by atoms with Gasteiger partial charge in [-0.15, -0.1) is 0 Å². The molecule has 100 valence electrons. The lowest BCUT2D eigenvalue weighted by atomic mass is 10.3. The fourth-order valence-corrected chi connectivity index (χ4v) is 2.82. The van der Waals surface area contributed by atoms with Crippen molar-refractivity contribution in [2.24, 2.45) is 0 Å². The second-order valence-corrected chi connectivity index (χ2v) is 5.39. The second-order valence-electron chi connectivity index (χ2n) is 3.74. The predicted molar refractivity (Wildman–Crippen MR) is 70.2 cm³/mol. The van der Waals surface area contributed by atoms with Gasteiger partial charge in [0.05, 0.1) is 12.8 Å². The molecule has 0 fully saturated rings. The number of anilines is 1. The number of halogens is 1. The molecule has 4 nitrogen and oxygen atoms in total. The van der Waals surface area contributed by atoms with Gasteiger partial charge in [-0.05, 0) is 24.3 Å². The van der Waals surface area contributed by atoms with Crippen LogP contribution < -0.4 is 9.46 Å². The summed E-state index contributed by atoms with van der Waals surface area (Å²) in [6, 6.07) is 11.7. The van der Waals surface area contributed by atoms with Crippen molar-refractivity contribution in [3.8, 4) is 5.75 Å². The molecular weight excluding hydrogens is 269 g/mol. The molecule has 0 aliphatic rings. The molecule has 0 aliphatic heterocycles. The van der Waals surface area contributed by atoms with E-state index in [1.807, 2.05) is 0 Å². The summed E-state index contributed by atoms with van der Waals surface area (Å²) in [4.78, 5) is -0.0410. The van der Waals surface area contributed by atoms with Crippen LogP contribution >= 0.6 is 0 Å². The third-order valence-electron chi connectivity index (χ3n) is 2.48. The minimum atomic E-state index is -3.89. The smallest absolute Gasteiger partial charge is 0.265 e. The van der Waals surface area contributed by atoms with E-state index >= 15 is 0 Å². The van der Waals surface area contributed by atoms with E-state index in [1.54, 1.807) is 18.2 Å². The van der Waals surface area contributed by atoms with Crippen LogP contribution in [-0.4, -0.2) is 15.5 Å². The highest BCUT2D eigenvalue weighted by molar-refractivity contribution is 7.92. The zero-order valence-electron chi connectivity index (χ0n) is 10.1. The van der Waals surface area contributed by atoms with Gasteiger partial charge in [-0.25, -0.2) is 12.8 Å². The van der Waals surface area contributed by atoms with Gasteiger partial charge in [0.15, 0.2) is 0 Å². The molecule has 0 saturated carbocycles. The van der Waals surface area contributed by atoms with E-state index in [1.165, 1.54) is 37.4 Å². The lowest BCUT2D eigenvalue weighted by molar-refractivity contribution is 0.403. The van der Waals surface area contributed by atoms with Gasteiger partial charge in [0.25, 0.3) is 10.0 Å². The van der Waals surface area contributed by atoms with Gasteiger partial charge < -0.3 is 4.74 Å². The quantitative estimate of drug-likeness (QED) is 0.937. The summed E-state index contributed by atoms with van der Waals surface area (Å²) in [5.41, 5.74) is -0.103. The maximum atomic E-state index is 13.5. The number of methoxy groups -OCH3 is 1. The zero-order valence-corrected chi connectivity index (χ0v) is 10.9. The summed E-state index contributed by atoms with van der Waals surface area (Å²) in [6.45, 7) is 0. The van der Waals surface area contributed by atoms with E-state index in [-0.39, 0.29) is 16.3 Å². The molecule has 0 aliphatic carbocycles. The van der Waals surface area contributed by atoms with Crippen LogP contribution in [0.15, 0.2) is 53.4 Å². The van der Waals surface area contributed by atoms with Crippen molar-refractivity contribution in [3.05, 3.63) is 54.3 Å². The van der Waals surface area contributed by atoms with Crippen molar-refractivity contribution in [1.82, 2.24) is 0 Å². The SMILES string of the molecule is COc1ccccc1S(=O)(=O)Nc1ccccc1F. The first kappa shape index (κ1) is 13.4. The standard InChI is InChI=1S/C13H12FNO3S/c1-18-12-8-4-5-9-13(12)19(16,17)15-11-7-3-2-6-10(11)14/h2-9,15H,1H3. The summed E-state index contributed by atoms with van der Waals surface area (Å²) >= 11 is 0. The summed E-state index contributed by atoms with van der Waals surface area (Å²) < 4.78 is 45.0. The first-order chi connectivity index (χ1) is 9.04. The summed E-state index contributed by atoms with van der Waals surface area (Å²) in [5, 5.41) is 0. The molecule has 19 heavy (non-hydrogen) atoms. The normalized spacial score (nSPS) is 11.1. The van der Waals surface area contributed by atoms with Crippen molar-refractivity contribution in [3.63, 3.8) is 0 Å². The van der Waals surface area contributed by atoms with Crippen molar-refractivity contribution in [2.45, 2.75) is 4.90 Å². The first-order valence-corrected chi connectivity index (χ1v) is 6.93. The Balaban J connectivity index is 2.41. The van der Waals surface area contributed by atoms with Crippen LogP contribution in [-0.2, 0) is 10.0 Å². The molecule has 0 saturated heterocycles. The Labute approximate surface area is 110 Å². The fraction of sp³-hybridized carbons (Fsp3) is 0.0769. The number of nitrogens with one attached hydrogen (secondary N) is 1. The van der Waals surface area contributed by atoms with Gasteiger partial charge in [0.1, 0.15) is 16.5 Å². The fourth-order valence-electron chi connectivity index (χ4n) is 1.58. The van der Waals surface area contributed by atoms with Crippen LogP contribution in [0.5, 0.6) is 5.75 Å². The van der Waals surface area contributed by atoms with E-state index in [4.69, 9.17) is 4.74 Å². The van der Waals surface area contributed by atoms with Crippen LogP contribution in [0.3, 0.4) is 0 Å². The number of sulfonamides is 1. The Hall–Kier alpha value is -2.08. The van der Waals surface area contributed by atoms with E-state index in [0.717, 1.165) is 0 Å². The minimum absolute atomic E-state index is 0.0410. The number of para-hydroxylation sites is 2. The Morgan fingerprint density at radius 1 is 1.05 bits per heavy atom. The lowest BCUT2D eigenvalue weighted by Gasteiger charge is -2.11. The molecule has 6 heteroatoms. The molecule has 0 radical (unpaired) electrons. The number of rotatable bonds is 4. The number of benzene rings is 2.